The summed E-state index contributed by atoms with van der Waals surface area (Å²) in [6.45, 7) is 9.24. The molecular weight excluding hydrogens is 284 g/mol. The van der Waals surface area contributed by atoms with Gasteiger partial charge in [0, 0.05) is 19.6 Å². The quantitative estimate of drug-likeness (QED) is 0.811. The Kier molecular flexibility index (Phi) is 5.99. The second-order valence-corrected chi connectivity index (χ2v) is 8.05. The fourth-order valence-electron chi connectivity index (χ4n) is 2.55. The summed E-state index contributed by atoms with van der Waals surface area (Å²) in [4.78, 5) is 13.7. The molecule has 4 nitrogen and oxygen atoms in total. The van der Waals surface area contributed by atoms with Gasteiger partial charge < -0.3 is 15.0 Å². The summed E-state index contributed by atoms with van der Waals surface area (Å²) in [5.74, 6) is 3.47. The lowest BCUT2D eigenvalue weighted by molar-refractivity contribution is 0.0265. The summed E-state index contributed by atoms with van der Waals surface area (Å²) >= 11 is 2.06. The maximum Gasteiger partial charge on any atom is 0.410 e. The van der Waals surface area contributed by atoms with Crippen LogP contribution in [0.1, 0.15) is 33.6 Å². The SMILES string of the molecule is CC(C)(C)OC(=O)N1CC=C(CNCC2CCSC2)CC1. The van der Waals surface area contributed by atoms with E-state index in [1.807, 2.05) is 20.8 Å². The first kappa shape index (κ1) is 16.7. The number of nitrogens with zero attached hydrogens (tertiary/aromatic N) is 1. The molecule has 0 aromatic heterocycles. The van der Waals surface area contributed by atoms with Crippen LogP contribution in [0.5, 0.6) is 0 Å². The van der Waals surface area contributed by atoms with Gasteiger partial charge in [0.1, 0.15) is 5.60 Å². The lowest BCUT2D eigenvalue weighted by atomic mass is 10.1. The first-order valence-corrected chi connectivity index (χ1v) is 9.04. The largest absolute Gasteiger partial charge is 0.444 e. The number of nitrogens with one attached hydrogen (secondary N) is 1. The standard InChI is InChI=1S/C16H28N2O2S/c1-16(2,3)20-15(19)18-7-4-13(5-8-18)10-17-11-14-6-9-21-12-14/h4,14,17H,5-12H2,1-3H3. The smallest absolute Gasteiger partial charge is 0.410 e. The highest BCUT2D eigenvalue weighted by Crippen LogP contribution is 2.22. The summed E-state index contributed by atoms with van der Waals surface area (Å²) in [6.07, 6.45) is 4.27. The minimum atomic E-state index is -0.415. The van der Waals surface area contributed by atoms with E-state index in [4.69, 9.17) is 4.74 Å². The van der Waals surface area contributed by atoms with Crippen molar-refractivity contribution in [3.63, 3.8) is 0 Å². The monoisotopic (exact) mass is 312 g/mol. The number of rotatable bonds is 4. The predicted molar refractivity (Wildman–Crippen MR) is 88.8 cm³/mol. The lowest BCUT2D eigenvalue weighted by Crippen LogP contribution is -2.40. The highest BCUT2D eigenvalue weighted by molar-refractivity contribution is 7.99. The molecule has 0 aliphatic carbocycles. The molecule has 1 fully saturated rings. The zero-order chi connectivity index (χ0) is 15.3. The summed E-state index contributed by atoms with van der Waals surface area (Å²) in [5, 5.41) is 3.56. The van der Waals surface area contributed by atoms with Crippen molar-refractivity contribution < 1.29 is 9.53 Å². The average Bonchev–Trinajstić information content (AvgIpc) is 2.91. The van der Waals surface area contributed by atoms with Crippen LogP contribution >= 0.6 is 11.8 Å². The van der Waals surface area contributed by atoms with Crippen LogP contribution in [0.4, 0.5) is 4.79 Å². The first-order chi connectivity index (χ1) is 9.94. The molecule has 0 bridgehead atoms. The summed E-state index contributed by atoms with van der Waals surface area (Å²) < 4.78 is 5.40. The van der Waals surface area contributed by atoms with Crippen molar-refractivity contribution in [1.82, 2.24) is 10.2 Å². The Bertz CT molecular complexity index is 384. The highest BCUT2D eigenvalue weighted by atomic mass is 32.2. The molecule has 1 unspecified atom stereocenters. The fraction of sp³-hybridized carbons (Fsp3) is 0.812. The van der Waals surface area contributed by atoms with Crippen molar-refractivity contribution in [1.29, 1.82) is 0 Å². The van der Waals surface area contributed by atoms with Crippen molar-refractivity contribution >= 4 is 17.9 Å². The fourth-order valence-corrected chi connectivity index (χ4v) is 3.83. The molecule has 2 aliphatic rings. The molecule has 5 heteroatoms. The van der Waals surface area contributed by atoms with Crippen LogP contribution in [0, 0.1) is 5.92 Å². The van der Waals surface area contributed by atoms with Gasteiger partial charge in [0.05, 0.1) is 0 Å². The molecular formula is C16H28N2O2S. The van der Waals surface area contributed by atoms with Gasteiger partial charge in [-0.05, 0) is 57.6 Å². The summed E-state index contributed by atoms with van der Waals surface area (Å²) in [7, 11) is 0. The van der Waals surface area contributed by atoms with Gasteiger partial charge in [0.2, 0.25) is 0 Å². The van der Waals surface area contributed by atoms with Crippen molar-refractivity contribution in [2.75, 3.05) is 37.7 Å². The van der Waals surface area contributed by atoms with Crippen LogP contribution in [-0.4, -0.2) is 54.3 Å². The molecule has 0 aromatic rings. The van der Waals surface area contributed by atoms with Crippen molar-refractivity contribution in [2.24, 2.45) is 5.92 Å². The molecule has 0 aromatic carbocycles. The molecule has 0 spiro atoms. The molecule has 120 valence electrons. The molecule has 1 saturated heterocycles. The molecule has 2 aliphatic heterocycles. The van der Waals surface area contributed by atoms with Gasteiger partial charge in [-0.3, -0.25) is 0 Å². The Hall–Kier alpha value is -0.680. The second kappa shape index (κ2) is 7.54. The maximum absolute atomic E-state index is 12.0. The molecule has 0 saturated carbocycles. The van der Waals surface area contributed by atoms with Gasteiger partial charge in [0.25, 0.3) is 0 Å². The normalized spacial score (nSPS) is 23.1. The molecule has 0 radical (unpaired) electrons. The van der Waals surface area contributed by atoms with Crippen LogP contribution in [0.15, 0.2) is 11.6 Å². The third-order valence-corrected chi connectivity index (χ3v) is 5.00. The van der Waals surface area contributed by atoms with E-state index in [-0.39, 0.29) is 6.09 Å². The van der Waals surface area contributed by atoms with E-state index >= 15 is 0 Å². The Labute approximate surface area is 132 Å². The third kappa shape index (κ3) is 5.91. The van der Waals surface area contributed by atoms with E-state index in [0.29, 0.717) is 6.54 Å². The van der Waals surface area contributed by atoms with E-state index in [2.05, 4.69) is 23.2 Å². The van der Waals surface area contributed by atoms with Gasteiger partial charge in [-0.1, -0.05) is 11.6 Å². The van der Waals surface area contributed by atoms with E-state index in [0.717, 1.165) is 32.0 Å². The molecule has 2 heterocycles. The summed E-state index contributed by atoms with van der Waals surface area (Å²) in [6, 6.07) is 0. The van der Waals surface area contributed by atoms with Gasteiger partial charge in [-0.2, -0.15) is 11.8 Å². The number of hydrogen-bond donors (Lipinski definition) is 1. The molecule has 1 amide bonds. The zero-order valence-corrected chi connectivity index (χ0v) is 14.3. The molecule has 2 rings (SSSR count). The second-order valence-electron chi connectivity index (χ2n) is 6.90. The third-order valence-electron chi connectivity index (χ3n) is 3.76. The van der Waals surface area contributed by atoms with Crippen LogP contribution in [0.25, 0.3) is 0 Å². The molecule has 1 atom stereocenters. The Morgan fingerprint density at radius 2 is 2.33 bits per heavy atom. The van der Waals surface area contributed by atoms with Gasteiger partial charge in [-0.15, -0.1) is 0 Å². The van der Waals surface area contributed by atoms with Crippen molar-refractivity contribution in [2.45, 2.75) is 39.2 Å². The predicted octanol–water partition coefficient (Wildman–Crippen LogP) is 2.90. The molecule has 21 heavy (non-hydrogen) atoms. The van der Waals surface area contributed by atoms with Crippen LogP contribution in [-0.2, 0) is 4.74 Å². The van der Waals surface area contributed by atoms with Gasteiger partial charge in [0.15, 0.2) is 0 Å². The van der Waals surface area contributed by atoms with E-state index in [1.54, 1.807) is 4.90 Å². The van der Waals surface area contributed by atoms with Crippen LogP contribution < -0.4 is 5.32 Å². The number of amides is 1. The molecule has 1 N–H and O–H groups in total. The number of hydrogen-bond acceptors (Lipinski definition) is 4. The zero-order valence-electron chi connectivity index (χ0n) is 13.5. The lowest BCUT2D eigenvalue weighted by Gasteiger charge is -2.29. The van der Waals surface area contributed by atoms with Gasteiger partial charge in [-0.25, -0.2) is 4.79 Å². The van der Waals surface area contributed by atoms with Crippen LogP contribution in [0.3, 0.4) is 0 Å². The van der Waals surface area contributed by atoms with Crippen molar-refractivity contribution in [3.8, 4) is 0 Å². The Morgan fingerprint density at radius 3 is 2.90 bits per heavy atom. The Balaban J connectivity index is 1.67. The minimum absolute atomic E-state index is 0.200. The first-order valence-electron chi connectivity index (χ1n) is 7.88. The minimum Gasteiger partial charge on any atom is -0.444 e. The van der Waals surface area contributed by atoms with E-state index in [1.165, 1.54) is 23.5 Å². The number of ether oxygens (including phenoxy) is 1. The average molecular weight is 312 g/mol. The highest BCUT2D eigenvalue weighted by Gasteiger charge is 2.23. The topological polar surface area (TPSA) is 41.6 Å². The van der Waals surface area contributed by atoms with E-state index < -0.39 is 5.60 Å². The number of carbonyl (C=O) groups excluding carboxylic acids is 1. The van der Waals surface area contributed by atoms with Crippen LogP contribution in [0.2, 0.25) is 0 Å². The Morgan fingerprint density at radius 1 is 1.52 bits per heavy atom. The number of carbonyl (C=O) groups is 1. The van der Waals surface area contributed by atoms with E-state index in [9.17, 15) is 4.79 Å². The maximum atomic E-state index is 12.0. The number of thioether (sulfide) groups is 1. The summed E-state index contributed by atoms with van der Waals surface area (Å²) in [5.41, 5.74) is 1.00. The van der Waals surface area contributed by atoms with Gasteiger partial charge >= 0.3 is 6.09 Å². The van der Waals surface area contributed by atoms with Crippen molar-refractivity contribution in [3.05, 3.63) is 11.6 Å².